The van der Waals surface area contributed by atoms with Crippen LogP contribution in [0.25, 0.3) is 10.4 Å². The zero-order valence-electron chi connectivity index (χ0n) is 12.9. The number of rotatable bonds is 5. The summed E-state index contributed by atoms with van der Waals surface area (Å²) in [5.41, 5.74) is -0.225. The molecule has 2 rings (SSSR count). The first-order chi connectivity index (χ1) is 10.8. The van der Waals surface area contributed by atoms with Crippen LogP contribution in [0.4, 0.5) is 13.2 Å². The van der Waals surface area contributed by atoms with Crippen molar-refractivity contribution in [2.45, 2.75) is 26.4 Å². The number of carbonyl (C=O) groups is 1. The van der Waals surface area contributed by atoms with Gasteiger partial charge in [0.05, 0.1) is 10.4 Å². The van der Waals surface area contributed by atoms with Crippen molar-refractivity contribution < 1.29 is 18.0 Å². The van der Waals surface area contributed by atoms with Gasteiger partial charge in [0.25, 0.3) is 5.91 Å². The molecule has 1 heterocycles. The van der Waals surface area contributed by atoms with Crippen molar-refractivity contribution in [3.63, 3.8) is 0 Å². The molecule has 0 unspecified atom stereocenters. The van der Waals surface area contributed by atoms with Crippen molar-refractivity contribution in [2.75, 3.05) is 6.54 Å². The van der Waals surface area contributed by atoms with Gasteiger partial charge in [-0.15, -0.1) is 11.3 Å². The minimum Gasteiger partial charge on any atom is -0.351 e. The second kappa shape index (κ2) is 7.17. The highest BCUT2D eigenvalue weighted by atomic mass is 32.1. The van der Waals surface area contributed by atoms with Gasteiger partial charge in [-0.25, -0.2) is 0 Å². The van der Waals surface area contributed by atoms with E-state index in [-0.39, 0.29) is 5.91 Å². The summed E-state index contributed by atoms with van der Waals surface area (Å²) in [7, 11) is 0. The molecule has 0 bridgehead atoms. The summed E-state index contributed by atoms with van der Waals surface area (Å²) in [6.45, 7) is 4.74. The molecular formula is C17H18F3NOS. The van der Waals surface area contributed by atoms with E-state index in [4.69, 9.17) is 0 Å². The Kier molecular flexibility index (Phi) is 5.46. The third-order valence-electron chi connectivity index (χ3n) is 3.31. The third kappa shape index (κ3) is 4.82. The van der Waals surface area contributed by atoms with Gasteiger partial charge in [0.2, 0.25) is 0 Å². The van der Waals surface area contributed by atoms with Crippen LogP contribution in [0, 0.1) is 5.92 Å². The summed E-state index contributed by atoms with van der Waals surface area (Å²) in [5.74, 6) is 0.313. The average Bonchev–Trinajstić information content (AvgIpc) is 2.96. The van der Waals surface area contributed by atoms with Gasteiger partial charge >= 0.3 is 6.18 Å². The zero-order chi connectivity index (χ0) is 17.0. The summed E-state index contributed by atoms with van der Waals surface area (Å²) < 4.78 is 38.3. The Bertz CT molecular complexity index is 676. The van der Waals surface area contributed by atoms with Gasteiger partial charge in [-0.2, -0.15) is 13.2 Å². The molecule has 0 atom stereocenters. The van der Waals surface area contributed by atoms with Gasteiger partial charge in [-0.1, -0.05) is 26.0 Å². The number of thiophene rings is 1. The van der Waals surface area contributed by atoms with E-state index < -0.39 is 11.7 Å². The first kappa shape index (κ1) is 17.5. The van der Waals surface area contributed by atoms with Crippen LogP contribution in [-0.2, 0) is 6.18 Å². The highest BCUT2D eigenvalue weighted by Gasteiger charge is 2.30. The summed E-state index contributed by atoms with van der Waals surface area (Å²) in [5, 5.41) is 2.82. The highest BCUT2D eigenvalue weighted by Crippen LogP contribution is 2.34. The molecule has 1 aromatic heterocycles. The molecule has 6 heteroatoms. The van der Waals surface area contributed by atoms with Crippen LogP contribution in [0.5, 0.6) is 0 Å². The molecule has 0 aliphatic rings. The summed E-state index contributed by atoms with van der Waals surface area (Å²) in [4.78, 5) is 13.2. The van der Waals surface area contributed by atoms with Crippen LogP contribution in [0.15, 0.2) is 36.4 Å². The van der Waals surface area contributed by atoms with E-state index in [2.05, 4.69) is 19.2 Å². The fraction of sp³-hybridized carbons (Fsp3) is 0.353. The lowest BCUT2D eigenvalue weighted by atomic mass is 10.1. The van der Waals surface area contributed by atoms with E-state index in [1.165, 1.54) is 17.4 Å². The second-order valence-electron chi connectivity index (χ2n) is 5.68. The predicted octanol–water partition coefficient (Wildman–Crippen LogP) is 5.21. The molecule has 0 radical (unpaired) electrons. The molecule has 2 aromatic rings. The van der Waals surface area contributed by atoms with Crippen molar-refractivity contribution in [3.8, 4) is 10.4 Å². The van der Waals surface area contributed by atoms with Gasteiger partial charge < -0.3 is 5.32 Å². The zero-order valence-corrected chi connectivity index (χ0v) is 13.7. The van der Waals surface area contributed by atoms with Crippen LogP contribution in [0.1, 0.15) is 35.5 Å². The molecular weight excluding hydrogens is 323 g/mol. The summed E-state index contributed by atoms with van der Waals surface area (Å²) in [6.07, 6.45) is -3.48. The monoisotopic (exact) mass is 341 g/mol. The molecule has 1 aromatic carbocycles. The number of carbonyl (C=O) groups excluding carboxylic acids is 1. The van der Waals surface area contributed by atoms with Crippen LogP contribution in [-0.4, -0.2) is 12.5 Å². The van der Waals surface area contributed by atoms with Crippen LogP contribution in [0.3, 0.4) is 0 Å². The Morgan fingerprint density at radius 1 is 1.22 bits per heavy atom. The number of hydrogen-bond donors (Lipinski definition) is 1. The average molecular weight is 341 g/mol. The van der Waals surface area contributed by atoms with E-state index >= 15 is 0 Å². The number of halogens is 3. The first-order valence-corrected chi connectivity index (χ1v) is 8.14. The summed E-state index contributed by atoms with van der Waals surface area (Å²) >= 11 is 1.19. The lowest BCUT2D eigenvalue weighted by Crippen LogP contribution is -2.24. The molecule has 0 aliphatic heterocycles. The third-order valence-corrected chi connectivity index (χ3v) is 4.44. The number of nitrogens with one attached hydrogen (secondary N) is 1. The smallest absolute Gasteiger partial charge is 0.351 e. The Morgan fingerprint density at radius 2 is 1.96 bits per heavy atom. The second-order valence-corrected chi connectivity index (χ2v) is 6.76. The number of hydrogen-bond acceptors (Lipinski definition) is 2. The van der Waals surface area contributed by atoms with Crippen molar-refractivity contribution in [2.24, 2.45) is 5.92 Å². The Hall–Kier alpha value is -1.82. The lowest BCUT2D eigenvalue weighted by Gasteiger charge is -2.07. The molecule has 23 heavy (non-hydrogen) atoms. The SMILES string of the molecule is CC(C)CCNC(=O)c1ccc(-c2cccc(C(F)(F)F)c2)s1. The molecule has 1 N–H and O–H groups in total. The number of benzene rings is 1. The van der Waals surface area contributed by atoms with E-state index in [9.17, 15) is 18.0 Å². The standard InChI is InChI=1S/C17H18F3NOS/c1-11(2)8-9-21-16(22)15-7-6-14(23-15)12-4-3-5-13(10-12)17(18,19)20/h3-7,10-11H,8-9H2,1-2H3,(H,21,22). The fourth-order valence-electron chi connectivity index (χ4n) is 2.03. The van der Waals surface area contributed by atoms with E-state index in [1.54, 1.807) is 18.2 Å². The fourth-order valence-corrected chi connectivity index (χ4v) is 2.94. The topological polar surface area (TPSA) is 29.1 Å². The van der Waals surface area contributed by atoms with Crippen LogP contribution in [0.2, 0.25) is 0 Å². The van der Waals surface area contributed by atoms with Crippen molar-refractivity contribution in [3.05, 3.63) is 46.8 Å². The molecule has 0 saturated heterocycles. The number of alkyl halides is 3. The maximum Gasteiger partial charge on any atom is 0.416 e. The van der Waals surface area contributed by atoms with E-state index in [0.717, 1.165) is 18.6 Å². The van der Waals surface area contributed by atoms with E-state index in [0.29, 0.717) is 27.8 Å². The van der Waals surface area contributed by atoms with Crippen LogP contribution >= 0.6 is 11.3 Å². The highest BCUT2D eigenvalue weighted by molar-refractivity contribution is 7.17. The first-order valence-electron chi connectivity index (χ1n) is 7.33. The predicted molar refractivity (Wildman–Crippen MR) is 86.5 cm³/mol. The maximum atomic E-state index is 12.8. The van der Waals surface area contributed by atoms with Gasteiger partial charge in [-0.05, 0) is 42.2 Å². The lowest BCUT2D eigenvalue weighted by molar-refractivity contribution is -0.137. The Balaban J connectivity index is 2.12. The number of amides is 1. The molecule has 0 aliphatic carbocycles. The minimum absolute atomic E-state index is 0.186. The Labute approximate surface area is 137 Å². The van der Waals surface area contributed by atoms with Crippen LogP contribution < -0.4 is 5.32 Å². The molecule has 1 amide bonds. The Morgan fingerprint density at radius 3 is 2.61 bits per heavy atom. The van der Waals surface area contributed by atoms with Crippen molar-refractivity contribution in [1.29, 1.82) is 0 Å². The largest absolute Gasteiger partial charge is 0.416 e. The molecule has 124 valence electrons. The van der Waals surface area contributed by atoms with Crippen molar-refractivity contribution in [1.82, 2.24) is 5.32 Å². The summed E-state index contributed by atoms with van der Waals surface area (Å²) in [6, 6.07) is 8.45. The molecule has 0 saturated carbocycles. The maximum absolute atomic E-state index is 12.8. The van der Waals surface area contributed by atoms with Gasteiger partial charge in [-0.3, -0.25) is 4.79 Å². The van der Waals surface area contributed by atoms with Gasteiger partial charge in [0.15, 0.2) is 0 Å². The van der Waals surface area contributed by atoms with E-state index in [1.807, 2.05) is 0 Å². The minimum atomic E-state index is -4.37. The molecule has 0 fully saturated rings. The molecule has 0 spiro atoms. The normalized spacial score (nSPS) is 11.7. The van der Waals surface area contributed by atoms with Gasteiger partial charge in [0.1, 0.15) is 0 Å². The van der Waals surface area contributed by atoms with Gasteiger partial charge in [0, 0.05) is 11.4 Å². The molecule has 2 nitrogen and oxygen atoms in total. The quantitative estimate of drug-likeness (QED) is 0.795. The van der Waals surface area contributed by atoms with Crippen molar-refractivity contribution >= 4 is 17.2 Å².